The van der Waals surface area contributed by atoms with Crippen molar-refractivity contribution in [3.05, 3.63) is 23.9 Å². The first kappa shape index (κ1) is 13.4. The monoisotopic (exact) mass is 258 g/mol. The van der Waals surface area contributed by atoms with Crippen molar-refractivity contribution in [2.45, 2.75) is 0 Å². The lowest BCUT2D eigenvalue weighted by molar-refractivity contribution is 0.0956. The molecule has 0 saturated carbocycles. The van der Waals surface area contributed by atoms with Gasteiger partial charge in [-0.05, 0) is 12.1 Å². The highest BCUT2D eigenvalue weighted by atomic mass is 32.2. The minimum Gasteiger partial charge on any atom is -0.373 e. The molecule has 0 aliphatic rings. The van der Waals surface area contributed by atoms with Gasteiger partial charge in [-0.15, -0.1) is 0 Å². The van der Waals surface area contributed by atoms with Gasteiger partial charge in [-0.3, -0.25) is 4.79 Å². The van der Waals surface area contributed by atoms with Crippen LogP contribution in [-0.4, -0.2) is 38.7 Å². The third kappa shape index (κ3) is 4.79. The molecule has 7 nitrogen and oxygen atoms in total. The Balaban J connectivity index is 2.52. The summed E-state index contributed by atoms with van der Waals surface area (Å²) in [6.45, 7) is -0.0224. The second-order valence-electron chi connectivity index (χ2n) is 3.30. The molecule has 1 rings (SSSR count). The van der Waals surface area contributed by atoms with E-state index in [1.807, 2.05) is 0 Å². The summed E-state index contributed by atoms with van der Waals surface area (Å²) in [4.78, 5) is 15.5. The first-order chi connectivity index (χ1) is 7.92. The minimum atomic E-state index is -3.55. The van der Waals surface area contributed by atoms with Gasteiger partial charge in [0.25, 0.3) is 5.91 Å². The SMILES string of the molecule is CNc1ccc(C(=O)NCCS(N)(=O)=O)cn1. The van der Waals surface area contributed by atoms with Crippen molar-refractivity contribution in [1.82, 2.24) is 10.3 Å². The number of primary sulfonamides is 1. The maximum atomic E-state index is 11.5. The number of nitrogens with two attached hydrogens (primary N) is 1. The number of nitrogens with one attached hydrogen (secondary N) is 2. The van der Waals surface area contributed by atoms with E-state index in [-0.39, 0.29) is 18.2 Å². The maximum Gasteiger partial charge on any atom is 0.252 e. The lowest BCUT2D eigenvalue weighted by Crippen LogP contribution is -2.31. The molecule has 0 bridgehead atoms. The summed E-state index contributed by atoms with van der Waals surface area (Å²) >= 11 is 0. The highest BCUT2D eigenvalue weighted by molar-refractivity contribution is 7.89. The molecule has 0 radical (unpaired) electrons. The number of pyridine rings is 1. The van der Waals surface area contributed by atoms with Crippen molar-refractivity contribution in [2.24, 2.45) is 5.14 Å². The third-order valence-corrected chi connectivity index (χ3v) is 2.73. The molecule has 1 aromatic heterocycles. The summed E-state index contributed by atoms with van der Waals surface area (Å²) in [5.41, 5.74) is 0.360. The molecule has 0 aliphatic heterocycles. The van der Waals surface area contributed by atoms with Crippen LogP contribution in [0.3, 0.4) is 0 Å². The minimum absolute atomic E-state index is 0.0224. The summed E-state index contributed by atoms with van der Waals surface area (Å²) in [6.07, 6.45) is 1.40. The van der Waals surface area contributed by atoms with Gasteiger partial charge in [0.05, 0.1) is 11.3 Å². The van der Waals surface area contributed by atoms with E-state index in [0.29, 0.717) is 11.4 Å². The van der Waals surface area contributed by atoms with Crippen LogP contribution in [-0.2, 0) is 10.0 Å². The van der Waals surface area contributed by atoms with E-state index < -0.39 is 10.0 Å². The molecule has 0 atom stereocenters. The standard InChI is InChI=1S/C9H14N4O3S/c1-11-8-3-2-7(6-13-8)9(14)12-4-5-17(10,15)16/h2-3,6H,4-5H2,1H3,(H,11,13)(H,12,14)(H2,10,15,16). The van der Waals surface area contributed by atoms with Crippen molar-refractivity contribution in [1.29, 1.82) is 0 Å². The molecular weight excluding hydrogens is 244 g/mol. The van der Waals surface area contributed by atoms with E-state index in [0.717, 1.165) is 0 Å². The fraction of sp³-hybridized carbons (Fsp3) is 0.333. The Bertz CT molecular complexity index is 483. The number of amides is 1. The Morgan fingerprint density at radius 1 is 1.47 bits per heavy atom. The van der Waals surface area contributed by atoms with Crippen LogP contribution in [0.5, 0.6) is 0 Å². The number of hydrogen-bond acceptors (Lipinski definition) is 5. The maximum absolute atomic E-state index is 11.5. The fourth-order valence-corrected chi connectivity index (χ4v) is 1.47. The van der Waals surface area contributed by atoms with Gasteiger partial charge in [0.2, 0.25) is 10.0 Å². The Labute approximate surface area is 99.5 Å². The van der Waals surface area contributed by atoms with Crippen LogP contribution in [0.2, 0.25) is 0 Å². The first-order valence-corrected chi connectivity index (χ1v) is 6.56. The smallest absolute Gasteiger partial charge is 0.252 e. The van der Waals surface area contributed by atoms with Gasteiger partial charge in [0.1, 0.15) is 5.82 Å². The molecule has 0 fully saturated rings. The Kier molecular flexibility index (Phi) is 4.41. The highest BCUT2D eigenvalue weighted by Crippen LogP contribution is 2.03. The summed E-state index contributed by atoms with van der Waals surface area (Å²) in [6, 6.07) is 3.24. The van der Waals surface area contributed by atoms with Crippen LogP contribution in [0.1, 0.15) is 10.4 Å². The third-order valence-electron chi connectivity index (χ3n) is 1.95. The topological polar surface area (TPSA) is 114 Å². The Hall–Kier alpha value is -1.67. The van der Waals surface area contributed by atoms with E-state index in [4.69, 9.17) is 5.14 Å². The normalized spacial score (nSPS) is 10.9. The number of anilines is 1. The van der Waals surface area contributed by atoms with Crippen LogP contribution in [0.25, 0.3) is 0 Å². The second-order valence-corrected chi connectivity index (χ2v) is 5.04. The van der Waals surface area contributed by atoms with Gasteiger partial charge in [0.15, 0.2) is 0 Å². The molecule has 17 heavy (non-hydrogen) atoms. The zero-order valence-electron chi connectivity index (χ0n) is 9.30. The van der Waals surface area contributed by atoms with Crippen molar-refractivity contribution in [3.8, 4) is 0 Å². The van der Waals surface area contributed by atoms with Crippen LogP contribution in [0.4, 0.5) is 5.82 Å². The highest BCUT2D eigenvalue weighted by Gasteiger charge is 2.07. The Morgan fingerprint density at radius 2 is 2.18 bits per heavy atom. The number of aromatic nitrogens is 1. The van der Waals surface area contributed by atoms with Crippen molar-refractivity contribution >= 4 is 21.7 Å². The second kappa shape index (κ2) is 5.60. The van der Waals surface area contributed by atoms with E-state index in [2.05, 4.69) is 15.6 Å². The summed E-state index contributed by atoms with van der Waals surface area (Å²) in [7, 11) is -1.84. The summed E-state index contributed by atoms with van der Waals surface area (Å²) in [5, 5.41) is 10.1. The molecule has 8 heteroatoms. The predicted molar refractivity (Wildman–Crippen MR) is 64.1 cm³/mol. The number of carbonyl (C=O) groups is 1. The molecule has 4 N–H and O–H groups in total. The van der Waals surface area contributed by atoms with Crippen molar-refractivity contribution < 1.29 is 13.2 Å². The van der Waals surface area contributed by atoms with Crippen molar-refractivity contribution in [2.75, 3.05) is 24.7 Å². The van der Waals surface area contributed by atoms with Crippen LogP contribution in [0.15, 0.2) is 18.3 Å². The molecule has 0 unspecified atom stereocenters. The van der Waals surface area contributed by atoms with Crippen LogP contribution in [0, 0.1) is 0 Å². The van der Waals surface area contributed by atoms with Gasteiger partial charge in [0, 0.05) is 19.8 Å². The lowest BCUT2D eigenvalue weighted by Gasteiger charge is -2.04. The zero-order chi connectivity index (χ0) is 12.9. The molecule has 1 aromatic rings. The van der Waals surface area contributed by atoms with Gasteiger partial charge in [-0.2, -0.15) is 0 Å². The average Bonchev–Trinajstić information content (AvgIpc) is 2.27. The molecular formula is C9H14N4O3S. The molecule has 94 valence electrons. The van der Waals surface area contributed by atoms with Crippen LogP contribution < -0.4 is 15.8 Å². The summed E-state index contributed by atoms with van der Waals surface area (Å²) < 4.78 is 21.3. The van der Waals surface area contributed by atoms with Gasteiger partial charge >= 0.3 is 0 Å². The molecule has 1 heterocycles. The molecule has 0 aromatic carbocycles. The quantitative estimate of drug-likeness (QED) is 0.636. The molecule has 0 aliphatic carbocycles. The fourth-order valence-electron chi connectivity index (χ4n) is 1.08. The first-order valence-electron chi connectivity index (χ1n) is 4.85. The average molecular weight is 258 g/mol. The summed E-state index contributed by atoms with van der Waals surface area (Å²) in [5.74, 6) is -0.0317. The number of hydrogen-bond donors (Lipinski definition) is 3. The Morgan fingerprint density at radius 3 is 2.65 bits per heavy atom. The molecule has 0 saturated heterocycles. The van der Waals surface area contributed by atoms with Crippen molar-refractivity contribution in [3.63, 3.8) is 0 Å². The van der Waals surface area contributed by atoms with E-state index >= 15 is 0 Å². The van der Waals surface area contributed by atoms with Gasteiger partial charge in [-0.25, -0.2) is 18.5 Å². The largest absolute Gasteiger partial charge is 0.373 e. The van der Waals surface area contributed by atoms with E-state index in [9.17, 15) is 13.2 Å². The number of sulfonamides is 1. The molecule has 1 amide bonds. The predicted octanol–water partition coefficient (Wildman–Crippen LogP) is -0.858. The number of rotatable bonds is 5. The lowest BCUT2D eigenvalue weighted by atomic mass is 10.2. The van der Waals surface area contributed by atoms with Crippen LogP contribution >= 0.6 is 0 Å². The van der Waals surface area contributed by atoms with E-state index in [1.54, 1.807) is 19.2 Å². The number of carbonyl (C=O) groups excluding carboxylic acids is 1. The number of nitrogens with zero attached hydrogens (tertiary/aromatic N) is 1. The zero-order valence-corrected chi connectivity index (χ0v) is 10.1. The molecule has 0 spiro atoms. The van der Waals surface area contributed by atoms with Gasteiger partial charge < -0.3 is 10.6 Å². The van der Waals surface area contributed by atoms with E-state index in [1.165, 1.54) is 6.20 Å². The van der Waals surface area contributed by atoms with Gasteiger partial charge in [-0.1, -0.05) is 0 Å².